The minimum absolute atomic E-state index is 0. The van der Waals surface area contributed by atoms with E-state index in [4.69, 9.17) is 0 Å². The molecule has 0 spiro atoms. The van der Waals surface area contributed by atoms with E-state index in [0.717, 1.165) is 32.6 Å². The van der Waals surface area contributed by atoms with Gasteiger partial charge in [0, 0.05) is 42.6 Å². The molecule has 1 aromatic heterocycles. The Morgan fingerprint density at radius 1 is 1.37 bits per heavy atom. The van der Waals surface area contributed by atoms with Gasteiger partial charge in [0.15, 0.2) is 5.96 Å². The van der Waals surface area contributed by atoms with Crippen molar-refractivity contribution in [3.63, 3.8) is 0 Å². The van der Waals surface area contributed by atoms with Gasteiger partial charge in [0.2, 0.25) is 5.91 Å². The molecule has 154 valence electrons. The number of rotatable bonds is 6. The Labute approximate surface area is 184 Å². The van der Waals surface area contributed by atoms with Crippen LogP contribution in [0.15, 0.2) is 16.4 Å². The summed E-state index contributed by atoms with van der Waals surface area (Å²) in [5.41, 5.74) is 1.23. The average Bonchev–Trinajstić information content (AvgIpc) is 3.03. The molecule has 1 aliphatic rings. The van der Waals surface area contributed by atoms with E-state index in [0.29, 0.717) is 12.0 Å². The molecule has 1 unspecified atom stereocenters. The van der Waals surface area contributed by atoms with Gasteiger partial charge in [-0.05, 0) is 58.0 Å². The van der Waals surface area contributed by atoms with Crippen molar-refractivity contribution in [1.82, 2.24) is 20.9 Å². The zero-order chi connectivity index (χ0) is 19.2. The molecule has 0 aromatic carbocycles. The second-order valence-electron chi connectivity index (χ2n) is 7.81. The van der Waals surface area contributed by atoms with E-state index < -0.39 is 0 Å². The average molecular weight is 507 g/mol. The van der Waals surface area contributed by atoms with Crippen LogP contribution in [0.4, 0.5) is 0 Å². The van der Waals surface area contributed by atoms with Crippen molar-refractivity contribution < 1.29 is 4.79 Å². The Morgan fingerprint density at radius 3 is 2.78 bits per heavy atom. The van der Waals surface area contributed by atoms with Crippen molar-refractivity contribution in [2.24, 2.45) is 4.99 Å². The highest BCUT2D eigenvalue weighted by Gasteiger charge is 2.21. The fourth-order valence-electron chi connectivity index (χ4n) is 2.97. The van der Waals surface area contributed by atoms with Crippen molar-refractivity contribution in [2.75, 3.05) is 26.2 Å². The van der Waals surface area contributed by atoms with E-state index in [9.17, 15) is 4.79 Å². The van der Waals surface area contributed by atoms with Gasteiger partial charge < -0.3 is 16.0 Å². The monoisotopic (exact) mass is 507 g/mol. The molecular formula is C19H34IN5OS. The Bertz CT molecular complexity index is 626. The van der Waals surface area contributed by atoms with Crippen LogP contribution in [0.5, 0.6) is 0 Å². The summed E-state index contributed by atoms with van der Waals surface area (Å²) in [7, 11) is 0. The molecule has 8 heteroatoms. The van der Waals surface area contributed by atoms with Crippen LogP contribution < -0.4 is 16.0 Å². The molecule has 2 heterocycles. The number of nitrogens with one attached hydrogen (secondary N) is 3. The third-order valence-electron chi connectivity index (χ3n) is 4.26. The lowest BCUT2D eigenvalue weighted by molar-refractivity contribution is -0.121. The van der Waals surface area contributed by atoms with Crippen LogP contribution in [0.1, 0.15) is 45.1 Å². The number of hydrogen-bond donors (Lipinski definition) is 3. The molecule has 27 heavy (non-hydrogen) atoms. The Balaban J connectivity index is 0.00000364. The second-order valence-corrected chi connectivity index (χ2v) is 8.81. The number of aliphatic imine (C=N–C) groups is 1. The molecule has 1 amide bonds. The van der Waals surface area contributed by atoms with E-state index in [-0.39, 0.29) is 42.0 Å². The molecule has 0 radical (unpaired) electrons. The highest BCUT2D eigenvalue weighted by molar-refractivity contribution is 14.0. The van der Waals surface area contributed by atoms with Crippen LogP contribution in [0, 0.1) is 0 Å². The zero-order valence-electron chi connectivity index (χ0n) is 17.1. The van der Waals surface area contributed by atoms with Gasteiger partial charge in [-0.1, -0.05) is 0 Å². The van der Waals surface area contributed by atoms with Crippen LogP contribution in [-0.2, 0) is 17.8 Å². The minimum atomic E-state index is -0.234. The summed E-state index contributed by atoms with van der Waals surface area (Å²) in [6, 6.07) is 2.64. The molecule has 0 saturated carbocycles. The number of carbonyl (C=O) groups is 1. The summed E-state index contributed by atoms with van der Waals surface area (Å²) in [5.74, 6) is 0.625. The molecule has 2 rings (SSSR count). The maximum absolute atomic E-state index is 12.0. The van der Waals surface area contributed by atoms with Crippen LogP contribution in [-0.4, -0.2) is 54.5 Å². The fraction of sp³-hybridized carbons (Fsp3) is 0.684. The highest BCUT2D eigenvalue weighted by Crippen LogP contribution is 2.24. The van der Waals surface area contributed by atoms with E-state index in [1.165, 1.54) is 10.4 Å². The third kappa shape index (κ3) is 8.35. The van der Waals surface area contributed by atoms with E-state index >= 15 is 0 Å². The van der Waals surface area contributed by atoms with E-state index in [1.807, 2.05) is 39.0 Å². The molecule has 1 atom stereocenters. The number of carbonyl (C=O) groups excluding carboxylic acids is 1. The molecule has 0 aliphatic carbocycles. The first kappa shape index (κ1) is 24.2. The fourth-order valence-corrected chi connectivity index (χ4v) is 3.86. The maximum atomic E-state index is 12.0. The van der Waals surface area contributed by atoms with Crippen molar-refractivity contribution in [3.8, 4) is 0 Å². The zero-order valence-corrected chi connectivity index (χ0v) is 20.2. The number of fused-ring (bicyclic) bond motifs is 1. The number of thiophene rings is 1. The van der Waals surface area contributed by atoms with Gasteiger partial charge >= 0.3 is 0 Å². The molecule has 3 N–H and O–H groups in total. The third-order valence-corrected chi connectivity index (χ3v) is 5.29. The number of nitrogens with zero attached hydrogens (tertiary/aromatic N) is 2. The highest BCUT2D eigenvalue weighted by atomic mass is 127. The summed E-state index contributed by atoms with van der Waals surface area (Å²) in [6.45, 7) is 14.0. The standard InChI is InChI=1S/C19H33N5OS.HI/c1-6-20-18(22-12-17(25)23-19(3,4)5)21-11-14(2)24-9-7-16-15(13-24)8-10-26-16;/h8,10,14H,6-7,9,11-13H2,1-5H3,(H,23,25)(H2,20,21,22);1H. The van der Waals surface area contributed by atoms with Gasteiger partial charge in [-0.25, -0.2) is 4.99 Å². The summed E-state index contributed by atoms with van der Waals surface area (Å²) >= 11 is 1.87. The quantitative estimate of drug-likeness (QED) is 0.315. The van der Waals surface area contributed by atoms with Gasteiger partial charge in [0.05, 0.1) is 0 Å². The molecule has 0 saturated heterocycles. The topological polar surface area (TPSA) is 68.8 Å². The summed E-state index contributed by atoms with van der Waals surface area (Å²) in [5, 5.41) is 11.7. The Hall–Kier alpha value is -0.870. The number of halogens is 1. The Kier molecular flexibility index (Phi) is 10.0. The normalized spacial score (nSPS) is 16.1. The molecule has 0 fully saturated rings. The SMILES string of the molecule is CCNC(=NCC(=O)NC(C)(C)C)NCC(C)N1CCc2sccc2C1.I. The predicted molar refractivity (Wildman–Crippen MR) is 125 cm³/mol. The summed E-state index contributed by atoms with van der Waals surface area (Å²) in [6.07, 6.45) is 1.14. The lowest BCUT2D eigenvalue weighted by Gasteiger charge is -2.32. The van der Waals surface area contributed by atoms with Crippen molar-refractivity contribution in [3.05, 3.63) is 21.9 Å². The predicted octanol–water partition coefficient (Wildman–Crippen LogP) is 2.58. The lowest BCUT2D eigenvalue weighted by Crippen LogP contribution is -2.47. The summed E-state index contributed by atoms with van der Waals surface area (Å²) in [4.78, 5) is 20.4. The first-order valence-corrected chi connectivity index (χ1v) is 10.3. The smallest absolute Gasteiger partial charge is 0.242 e. The van der Waals surface area contributed by atoms with Crippen molar-refractivity contribution in [2.45, 2.75) is 59.2 Å². The lowest BCUT2D eigenvalue weighted by atomic mass is 10.1. The maximum Gasteiger partial charge on any atom is 0.242 e. The summed E-state index contributed by atoms with van der Waals surface area (Å²) < 4.78 is 0. The van der Waals surface area contributed by atoms with Gasteiger partial charge in [-0.15, -0.1) is 35.3 Å². The minimum Gasteiger partial charge on any atom is -0.357 e. The van der Waals surface area contributed by atoms with Crippen LogP contribution in [0.2, 0.25) is 0 Å². The van der Waals surface area contributed by atoms with Gasteiger partial charge in [-0.3, -0.25) is 9.69 Å². The first-order chi connectivity index (χ1) is 12.3. The van der Waals surface area contributed by atoms with Gasteiger partial charge in [0.25, 0.3) is 0 Å². The second kappa shape index (κ2) is 11.2. The van der Waals surface area contributed by atoms with Crippen LogP contribution in [0.25, 0.3) is 0 Å². The number of amides is 1. The molecule has 1 aliphatic heterocycles. The van der Waals surface area contributed by atoms with Gasteiger partial charge in [-0.2, -0.15) is 0 Å². The van der Waals surface area contributed by atoms with E-state index in [1.54, 1.807) is 0 Å². The van der Waals surface area contributed by atoms with Crippen LogP contribution >= 0.6 is 35.3 Å². The molecule has 1 aromatic rings. The molecular weight excluding hydrogens is 473 g/mol. The van der Waals surface area contributed by atoms with Crippen LogP contribution in [0.3, 0.4) is 0 Å². The van der Waals surface area contributed by atoms with Crippen molar-refractivity contribution in [1.29, 1.82) is 0 Å². The number of guanidine groups is 1. The molecule has 6 nitrogen and oxygen atoms in total. The van der Waals surface area contributed by atoms with E-state index in [2.05, 4.69) is 44.2 Å². The Morgan fingerprint density at radius 2 is 2.11 bits per heavy atom. The largest absolute Gasteiger partial charge is 0.357 e. The number of hydrogen-bond acceptors (Lipinski definition) is 4. The first-order valence-electron chi connectivity index (χ1n) is 9.41. The van der Waals surface area contributed by atoms with Gasteiger partial charge in [0.1, 0.15) is 6.54 Å². The molecule has 0 bridgehead atoms. The van der Waals surface area contributed by atoms with Crippen molar-refractivity contribution >= 4 is 47.2 Å².